The van der Waals surface area contributed by atoms with Crippen molar-refractivity contribution in [2.75, 3.05) is 7.11 Å². The molecule has 0 aliphatic heterocycles. The van der Waals surface area contributed by atoms with Crippen molar-refractivity contribution in [1.82, 2.24) is 0 Å². The van der Waals surface area contributed by atoms with Gasteiger partial charge in [-0.1, -0.05) is 0 Å². The highest BCUT2D eigenvalue weighted by atomic mass is 19.1. The number of nitrogens with two attached hydrogens (primary N) is 1. The highest BCUT2D eigenvalue weighted by Crippen LogP contribution is 2.31. The van der Waals surface area contributed by atoms with Crippen LogP contribution in [0.1, 0.15) is 40.4 Å². The fourth-order valence-corrected chi connectivity index (χ4v) is 2.21. The van der Waals surface area contributed by atoms with Gasteiger partial charge in [0.1, 0.15) is 5.82 Å². The molecule has 0 amide bonds. The fraction of sp³-hybridized carbons (Fsp3) is 0.417. The molecule has 16 heavy (non-hydrogen) atoms. The first-order chi connectivity index (χ1) is 7.63. The number of rotatable bonds is 1. The van der Waals surface area contributed by atoms with E-state index in [-0.39, 0.29) is 6.04 Å². The molecule has 0 bridgehead atoms. The summed E-state index contributed by atoms with van der Waals surface area (Å²) < 4.78 is 18.0. The SMILES string of the molecule is COC(=O)c1cc(F)cc2c1CCCC2N. The molecule has 86 valence electrons. The number of fused-ring (bicyclic) bond motifs is 1. The van der Waals surface area contributed by atoms with E-state index >= 15 is 0 Å². The zero-order chi connectivity index (χ0) is 11.7. The monoisotopic (exact) mass is 223 g/mol. The Balaban J connectivity index is 2.57. The molecule has 1 atom stereocenters. The van der Waals surface area contributed by atoms with Crippen molar-refractivity contribution in [3.05, 3.63) is 34.6 Å². The van der Waals surface area contributed by atoms with Gasteiger partial charge < -0.3 is 10.5 Å². The van der Waals surface area contributed by atoms with Gasteiger partial charge in [0.2, 0.25) is 0 Å². The summed E-state index contributed by atoms with van der Waals surface area (Å²) in [6.07, 6.45) is 2.51. The minimum Gasteiger partial charge on any atom is -0.465 e. The highest BCUT2D eigenvalue weighted by Gasteiger charge is 2.23. The standard InChI is InChI=1S/C12H14FNO2/c1-16-12(15)10-6-7(13)5-9-8(10)3-2-4-11(9)14/h5-6,11H,2-4,14H2,1H3. The number of ether oxygens (including phenoxy) is 1. The second-order valence-electron chi connectivity index (χ2n) is 4.01. The van der Waals surface area contributed by atoms with E-state index < -0.39 is 11.8 Å². The van der Waals surface area contributed by atoms with Crippen LogP contribution in [-0.4, -0.2) is 13.1 Å². The molecule has 1 aromatic rings. The zero-order valence-corrected chi connectivity index (χ0v) is 9.13. The normalized spacial score (nSPS) is 19.1. The van der Waals surface area contributed by atoms with E-state index in [0.717, 1.165) is 30.4 Å². The van der Waals surface area contributed by atoms with Gasteiger partial charge in [0.05, 0.1) is 12.7 Å². The Morgan fingerprint density at radius 1 is 1.56 bits per heavy atom. The topological polar surface area (TPSA) is 52.3 Å². The van der Waals surface area contributed by atoms with Gasteiger partial charge in [-0.05, 0) is 42.5 Å². The smallest absolute Gasteiger partial charge is 0.338 e. The minimum atomic E-state index is -0.496. The van der Waals surface area contributed by atoms with E-state index in [0.29, 0.717) is 5.56 Å². The van der Waals surface area contributed by atoms with Crippen molar-refractivity contribution in [1.29, 1.82) is 0 Å². The Bertz CT molecular complexity index is 431. The van der Waals surface area contributed by atoms with E-state index in [1.54, 1.807) is 0 Å². The van der Waals surface area contributed by atoms with Crippen molar-refractivity contribution in [3.8, 4) is 0 Å². The Kier molecular flexibility index (Phi) is 2.92. The summed E-state index contributed by atoms with van der Waals surface area (Å²) in [5.41, 5.74) is 7.80. The number of benzene rings is 1. The molecule has 2 rings (SSSR count). The predicted molar refractivity (Wildman–Crippen MR) is 57.6 cm³/mol. The van der Waals surface area contributed by atoms with Gasteiger partial charge >= 0.3 is 5.97 Å². The van der Waals surface area contributed by atoms with Gasteiger partial charge in [-0.15, -0.1) is 0 Å². The summed E-state index contributed by atoms with van der Waals surface area (Å²) in [6.45, 7) is 0. The van der Waals surface area contributed by atoms with Crippen molar-refractivity contribution in [2.45, 2.75) is 25.3 Å². The van der Waals surface area contributed by atoms with E-state index in [2.05, 4.69) is 4.74 Å². The van der Waals surface area contributed by atoms with Gasteiger partial charge in [0.15, 0.2) is 0 Å². The first-order valence-corrected chi connectivity index (χ1v) is 5.29. The van der Waals surface area contributed by atoms with Crippen LogP contribution in [0.15, 0.2) is 12.1 Å². The molecule has 3 nitrogen and oxygen atoms in total. The molecule has 0 spiro atoms. The number of halogens is 1. The first-order valence-electron chi connectivity index (χ1n) is 5.29. The molecule has 1 aliphatic rings. The third-order valence-electron chi connectivity index (χ3n) is 3.00. The maximum Gasteiger partial charge on any atom is 0.338 e. The predicted octanol–water partition coefficient (Wildman–Crippen LogP) is 1.95. The second-order valence-corrected chi connectivity index (χ2v) is 4.01. The summed E-state index contributed by atoms with van der Waals surface area (Å²) in [4.78, 5) is 11.5. The maximum absolute atomic E-state index is 13.4. The third kappa shape index (κ3) is 1.80. The molecular formula is C12H14FNO2. The van der Waals surface area contributed by atoms with Crippen molar-refractivity contribution >= 4 is 5.97 Å². The molecule has 0 saturated carbocycles. The lowest BCUT2D eigenvalue weighted by Crippen LogP contribution is -2.21. The van der Waals surface area contributed by atoms with Crippen LogP contribution in [0, 0.1) is 5.82 Å². The summed E-state index contributed by atoms with van der Waals surface area (Å²) in [5, 5.41) is 0. The first kappa shape index (κ1) is 11.1. The van der Waals surface area contributed by atoms with E-state index in [1.165, 1.54) is 19.2 Å². The van der Waals surface area contributed by atoms with Crippen molar-refractivity contribution < 1.29 is 13.9 Å². The molecule has 1 aromatic carbocycles. The van der Waals surface area contributed by atoms with Crippen molar-refractivity contribution in [2.24, 2.45) is 5.73 Å². The number of carbonyl (C=O) groups excluding carboxylic acids is 1. The minimum absolute atomic E-state index is 0.178. The summed E-state index contributed by atoms with van der Waals surface area (Å²) in [7, 11) is 1.29. The van der Waals surface area contributed by atoms with Crippen LogP contribution in [0.3, 0.4) is 0 Å². The Morgan fingerprint density at radius 3 is 3.00 bits per heavy atom. The molecule has 0 saturated heterocycles. The lowest BCUT2D eigenvalue weighted by Gasteiger charge is -2.24. The molecule has 0 fully saturated rings. The van der Waals surface area contributed by atoms with E-state index in [4.69, 9.17) is 5.73 Å². The van der Waals surface area contributed by atoms with Gasteiger partial charge in [0, 0.05) is 6.04 Å². The highest BCUT2D eigenvalue weighted by molar-refractivity contribution is 5.91. The number of carbonyl (C=O) groups is 1. The Hall–Kier alpha value is -1.42. The van der Waals surface area contributed by atoms with E-state index in [1.807, 2.05) is 0 Å². The zero-order valence-electron chi connectivity index (χ0n) is 9.13. The van der Waals surface area contributed by atoms with Crippen LogP contribution in [-0.2, 0) is 11.2 Å². The van der Waals surface area contributed by atoms with Crippen LogP contribution in [0.5, 0.6) is 0 Å². The van der Waals surface area contributed by atoms with Crippen molar-refractivity contribution in [3.63, 3.8) is 0 Å². The molecular weight excluding hydrogens is 209 g/mol. The van der Waals surface area contributed by atoms with Gasteiger partial charge in [-0.3, -0.25) is 0 Å². The van der Waals surface area contributed by atoms with E-state index in [9.17, 15) is 9.18 Å². The number of hydrogen-bond acceptors (Lipinski definition) is 3. The Morgan fingerprint density at radius 2 is 2.31 bits per heavy atom. The van der Waals surface area contributed by atoms with Gasteiger partial charge in [-0.2, -0.15) is 0 Å². The number of hydrogen-bond donors (Lipinski definition) is 1. The van der Waals surface area contributed by atoms with Crippen LogP contribution >= 0.6 is 0 Å². The average molecular weight is 223 g/mol. The second kappa shape index (κ2) is 4.22. The van der Waals surface area contributed by atoms with Gasteiger partial charge in [0.25, 0.3) is 0 Å². The largest absolute Gasteiger partial charge is 0.465 e. The Labute approximate surface area is 93.4 Å². The lowest BCUT2D eigenvalue weighted by atomic mass is 9.85. The van der Waals surface area contributed by atoms with Crippen LogP contribution < -0.4 is 5.73 Å². The molecule has 2 N–H and O–H groups in total. The molecule has 0 radical (unpaired) electrons. The van der Waals surface area contributed by atoms with Crippen LogP contribution in [0.25, 0.3) is 0 Å². The summed E-state index contributed by atoms with van der Waals surface area (Å²) in [5.74, 6) is -0.929. The molecule has 0 aromatic heterocycles. The number of esters is 1. The molecule has 0 heterocycles. The van der Waals surface area contributed by atoms with Crippen LogP contribution in [0.2, 0.25) is 0 Å². The number of methoxy groups -OCH3 is 1. The fourth-order valence-electron chi connectivity index (χ4n) is 2.21. The van der Waals surface area contributed by atoms with Gasteiger partial charge in [-0.25, -0.2) is 9.18 Å². The third-order valence-corrected chi connectivity index (χ3v) is 3.00. The quantitative estimate of drug-likeness (QED) is 0.740. The summed E-state index contributed by atoms with van der Waals surface area (Å²) >= 11 is 0. The molecule has 1 aliphatic carbocycles. The lowest BCUT2D eigenvalue weighted by molar-refractivity contribution is 0.0598. The maximum atomic E-state index is 13.4. The molecule has 4 heteroatoms. The summed E-state index contributed by atoms with van der Waals surface area (Å²) in [6, 6.07) is 2.47. The average Bonchev–Trinajstić information content (AvgIpc) is 2.28. The molecule has 1 unspecified atom stereocenters. The van der Waals surface area contributed by atoms with Crippen LogP contribution in [0.4, 0.5) is 4.39 Å².